The summed E-state index contributed by atoms with van der Waals surface area (Å²) in [7, 11) is 0. The molecule has 1 spiro atoms. The maximum Gasteiger partial charge on any atom is 0.411 e. The second-order valence-electron chi connectivity index (χ2n) is 38.0. The number of imidazole rings is 1. The van der Waals surface area contributed by atoms with Gasteiger partial charge in [-0.2, -0.15) is 0 Å². The summed E-state index contributed by atoms with van der Waals surface area (Å²) in [6.07, 6.45) is -5.48. The normalized spacial score (nSPS) is 24.5. The van der Waals surface area contributed by atoms with E-state index in [4.69, 9.17) is 66.3 Å². The molecule has 6 fully saturated rings. The van der Waals surface area contributed by atoms with Crippen LogP contribution in [0.15, 0.2) is 195 Å². The van der Waals surface area contributed by atoms with Crippen molar-refractivity contribution in [2.24, 2.45) is 0 Å². The molecule has 1 N–H and O–H groups in total. The molecule has 28 heteroatoms. The maximum atomic E-state index is 16.3. The second-order valence-corrected chi connectivity index (χ2v) is 38.0. The fourth-order valence-electron chi connectivity index (χ4n) is 17.4. The van der Waals surface area contributed by atoms with Crippen molar-refractivity contribution in [2.75, 3.05) is 31.7 Å². The van der Waals surface area contributed by atoms with E-state index in [0.29, 0.717) is 55.4 Å². The zero-order valence-electron chi connectivity index (χ0n) is 75.1. The molecule has 14 rings (SSSR count). The average molecular weight is 1730 g/mol. The highest BCUT2D eigenvalue weighted by molar-refractivity contribution is 6.06. The largest absolute Gasteiger partial charge is 0.444 e. The van der Waals surface area contributed by atoms with E-state index in [1.54, 1.807) is 54.8 Å². The monoisotopic (exact) mass is 1730 g/mol. The lowest BCUT2D eigenvalue weighted by Crippen LogP contribution is -2.71. The van der Waals surface area contributed by atoms with Gasteiger partial charge in [0.15, 0.2) is 41.1 Å². The number of carbonyl (C=O) groups excluding carboxylic acids is 5. The number of hydrogen-bond donors (Lipinski definition) is 1. The number of benzene rings is 6. The molecule has 28 nitrogen and oxygen atoms in total. The lowest BCUT2D eigenvalue weighted by molar-refractivity contribution is -0.321. The lowest BCUT2D eigenvalue weighted by atomic mass is 9.81. The summed E-state index contributed by atoms with van der Waals surface area (Å²) in [6, 6.07) is 53.8. The molecular formula is C98H125N9O19. The number of anilines is 1. The zero-order chi connectivity index (χ0) is 89.1. The number of unbranched alkanes of at least 4 members (excludes halogenated alkanes) is 2. The molecule has 2 aromatic heterocycles. The van der Waals surface area contributed by atoms with E-state index in [9.17, 15) is 4.79 Å². The first-order valence-corrected chi connectivity index (χ1v) is 44.4. The second kappa shape index (κ2) is 40.1. The Hall–Kier alpha value is -9.98. The van der Waals surface area contributed by atoms with Gasteiger partial charge in [0, 0.05) is 57.8 Å². The van der Waals surface area contributed by atoms with Crippen LogP contribution in [0.25, 0.3) is 11.2 Å². The summed E-state index contributed by atoms with van der Waals surface area (Å²) < 4.78 is 101. The number of fused-ring (bicyclic) bond motifs is 3. The van der Waals surface area contributed by atoms with Crippen LogP contribution in [0.4, 0.5) is 25.0 Å². The van der Waals surface area contributed by atoms with Crippen LogP contribution in [0, 0.1) is 0 Å². The van der Waals surface area contributed by atoms with E-state index in [0.717, 1.165) is 47.1 Å². The van der Waals surface area contributed by atoms with Crippen molar-refractivity contribution in [1.82, 2.24) is 39.1 Å². The van der Waals surface area contributed by atoms with Crippen molar-refractivity contribution in [3.8, 4) is 0 Å². The molecule has 2 saturated carbocycles. The van der Waals surface area contributed by atoms with Crippen molar-refractivity contribution < 1.29 is 90.3 Å². The minimum Gasteiger partial charge on any atom is -0.444 e. The molecule has 4 saturated heterocycles. The van der Waals surface area contributed by atoms with Gasteiger partial charge in [-0.25, -0.2) is 34.1 Å². The number of hydrogen-bond acceptors (Lipinski definition) is 22. The van der Waals surface area contributed by atoms with Gasteiger partial charge < -0.3 is 76.5 Å². The first-order chi connectivity index (χ1) is 60.2. The molecule has 2 aliphatic carbocycles. The molecule has 8 aromatic rings. The molecule has 126 heavy (non-hydrogen) atoms. The Morgan fingerprint density at radius 3 is 1.53 bits per heavy atom. The van der Waals surface area contributed by atoms with Gasteiger partial charge in [-0.05, 0) is 175 Å². The third-order valence-corrected chi connectivity index (χ3v) is 22.8. The van der Waals surface area contributed by atoms with Crippen LogP contribution in [0.5, 0.6) is 0 Å². The van der Waals surface area contributed by atoms with Gasteiger partial charge >= 0.3 is 24.4 Å². The number of carbonyl (C=O) groups is 5. The highest BCUT2D eigenvalue weighted by atomic mass is 16.8. The van der Waals surface area contributed by atoms with E-state index >= 15 is 19.2 Å². The predicted molar refractivity (Wildman–Crippen MR) is 470 cm³/mol. The SMILES string of the molecule is CC(C)(C)OC(=O)N(Cc1ccccc1)C[C@H]1O[C@H](O[C@@H]2[C@H]3OC4(CCCCC4)O[C@@H]3[C@@H](N(Cc3ccccc3)C(=O)OC(C)(C)C)C[C@H]2N(Cc2ccccc2)C(=O)OC(C)(C)C)[C@H](N(Cc2ccccc2)C(=O)OC(C)(C)C)[C@@H](OCCCCCOC[C@H]2O[C@@H](n3cnc4c(NC(=O)c5ccccc5)ncnc43)[C@@H]3OC(C)(C)O[C@@H]32)[C@@H]1OCc1ccccc1. The Balaban J connectivity index is 0.856. The summed E-state index contributed by atoms with van der Waals surface area (Å²) in [5.74, 6) is -2.26. The summed E-state index contributed by atoms with van der Waals surface area (Å²) >= 11 is 0. The van der Waals surface area contributed by atoms with Gasteiger partial charge in [-0.15, -0.1) is 0 Å². The molecule has 676 valence electrons. The van der Waals surface area contributed by atoms with Crippen molar-refractivity contribution in [1.29, 1.82) is 0 Å². The number of nitrogens with zero attached hydrogens (tertiary/aromatic N) is 8. The van der Waals surface area contributed by atoms with Crippen LogP contribution in [0.2, 0.25) is 0 Å². The van der Waals surface area contributed by atoms with Crippen molar-refractivity contribution in [3.05, 3.63) is 228 Å². The Bertz CT molecular complexity index is 4870. The van der Waals surface area contributed by atoms with Gasteiger partial charge in [0.1, 0.15) is 89.7 Å². The molecule has 6 aliphatic rings. The summed E-state index contributed by atoms with van der Waals surface area (Å²) in [5.41, 5.74) is 1.16. The standard InChI is InChI=1S/C98H125N9O19/c1-93(2,3)123-89(109)103(56-65-39-23-15-24-40-65)60-73-79(115-61-69-47-31-19-32-48-69)81(114-54-38-22-37-53-113-62-74-80-83(120-97(13,14)119-80)87(116-74)107-64-101-75-84(99-63-100-85(75)107)102-86(108)70-49-33-20-34-50-70)76(106(92(112)126-96(10,11)12)59-68-45-29-18-30-46-68)88(117-73)118-77-71(104(90(110)124-94(4,5)6)57-66-41-25-16-26-42-66)55-72(78-82(77)122-98(121-78)51-35-21-36-52-98)105(91(111)125-95(7,8)9)58-67-43-27-17-28-44-67/h15-20,23-34,39-50,63-64,71-74,76-83,87-88H,21-22,35-38,51-62H2,1-14H3,(H,99,100,102,108)/t71-,72+,73-,74-,76-,77+,78-,79-,80-,81-,82-,83-,87-,88-/m1/s1. The van der Waals surface area contributed by atoms with E-state index in [2.05, 4.69) is 20.3 Å². The average Bonchev–Trinajstić information content (AvgIpc) is 1.52. The molecule has 0 unspecified atom stereocenters. The molecule has 6 aromatic carbocycles. The van der Waals surface area contributed by atoms with Crippen LogP contribution >= 0.6 is 0 Å². The first kappa shape index (κ1) is 92.2. The topological polar surface area (TPSA) is 283 Å². The third kappa shape index (κ3) is 23.9. The highest BCUT2D eigenvalue weighted by Crippen LogP contribution is 2.50. The molecular weight excluding hydrogens is 1610 g/mol. The van der Waals surface area contributed by atoms with E-state index in [1.165, 1.54) is 6.33 Å². The Kier molecular flexibility index (Phi) is 29.4. The number of rotatable bonds is 30. The molecule has 5 amide bonds. The minimum atomic E-state index is -1.60. The fourth-order valence-corrected chi connectivity index (χ4v) is 17.4. The van der Waals surface area contributed by atoms with Gasteiger partial charge in [-0.1, -0.05) is 176 Å². The zero-order valence-corrected chi connectivity index (χ0v) is 75.1. The van der Waals surface area contributed by atoms with Crippen molar-refractivity contribution in [3.63, 3.8) is 0 Å². The van der Waals surface area contributed by atoms with Crippen LogP contribution < -0.4 is 5.32 Å². The third-order valence-electron chi connectivity index (χ3n) is 22.8. The smallest absolute Gasteiger partial charge is 0.411 e. The van der Waals surface area contributed by atoms with E-state index in [-0.39, 0.29) is 70.7 Å². The van der Waals surface area contributed by atoms with Crippen molar-refractivity contribution >= 4 is 47.3 Å². The minimum absolute atomic E-state index is 0.00778. The Morgan fingerprint density at radius 2 is 0.968 bits per heavy atom. The van der Waals surface area contributed by atoms with Crippen LogP contribution in [0.3, 0.4) is 0 Å². The number of nitrogens with one attached hydrogen (secondary N) is 1. The van der Waals surface area contributed by atoms with Crippen molar-refractivity contribution in [2.45, 2.75) is 307 Å². The van der Waals surface area contributed by atoms with Gasteiger partial charge in [0.25, 0.3) is 5.91 Å². The summed E-state index contributed by atoms with van der Waals surface area (Å²) in [4.78, 5) is 97.0. The Labute approximate surface area is 739 Å². The van der Waals surface area contributed by atoms with Crippen LogP contribution in [-0.4, -0.2) is 209 Å². The van der Waals surface area contributed by atoms with Crippen LogP contribution in [0.1, 0.15) is 199 Å². The summed E-state index contributed by atoms with van der Waals surface area (Å²) in [6.45, 7) is 26.0. The Morgan fingerprint density at radius 1 is 0.476 bits per heavy atom. The number of ether oxygens (including phenoxy) is 14. The van der Waals surface area contributed by atoms with E-state index in [1.807, 2.05) is 255 Å². The lowest BCUT2D eigenvalue weighted by Gasteiger charge is -2.53. The van der Waals surface area contributed by atoms with Gasteiger partial charge in [0.05, 0.1) is 38.2 Å². The molecule has 14 atom stereocenters. The number of amides is 5. The fraction of sp³-hybridized carbons (Fsp3) is 0.531. The highest BCUT2D eigenvalue weighted by Gasteiger charge is 2.64. The van der Waals surface area contributed by atoms with E-state index < -0.39 is 144 Å². The van der Waals surface area contributed by atoms with Crippen LogP contribution in [-0.2, 0) is 99.1 Å². The first-order valence-electron chi connectivity index (χ1n) is 44.4. The molecule has 0 bridgehead atoms. The maximum absolute atomic E-state index is 16.3. The molecule has 6 heterocycles. The quantitative estimate of drug-likeness (QED) is 0.0323. The van der Waals surface area contributed by atoms with Gasteiger partial charge in [-0.3, -0.25) is 24.1 Å². The molecule has 0 radical (unpaired) electrons. The van der Waals surface area contributed by atoms with Gasteiger partial charge in [0.2, 0.25) is 0 Å². The number of aromatic nitrogens is 4. The summed E-state index contributed by atoms with van der Waals surface area (Å²) in [5, 5.41) is 2.89. The molecule has 4 aliphatic heterocycles. The predicted octanol–water partition coefficient (Wildman–Crippen LogP) is 17.5.